The van der Waals surface area contributed by atoms with Crippen molar-refractivity contribution in [1.29, 1.82) is 0 Å². The van der Waals surface area contributed by atoms with Gasteiger partial charge in [-0.25, -0.2) is 0 Å². The molecule has 0 aliphatic rings. The highest BCUT2D eigenvalue weighted by Crippen LogP contribution is 2.14. The molecule has 0 amide bonds. The van der Waals surface area contributed by atoms with Gasteiger partial charge in [-0.15, -0.1) is 0 Å². The van der Waals surface area contributed by atoms with Gasteiger partial charge < -0.3 is 0 Å². The highest BCUT2D eigenvalue weighted by atomic mass is 35.5. The summed E-state index contributed by atoms with van der Waals surface area (Å²) in [6.45, 7) is 0. The van der Waals surface area contributed by atoms with Gasteiger partial charge in [-0.2, -0.15) is 4.99 Å². The number of isothiocyanates is 1. The van der Waals surface area contributed by atoms with E-state index in [4.69, 9.17) is 11.6 Å². The standard InChI is InChI=1S/C8H4ClNOS/c9-8(11)6-2-1-3-7(4-6)10-5-12/h1-4H. The third-order valence-electron chi connectivity index (χ3n) is 1.25. The summed E-state index contributed by atoms with van der Waals surface area (Å²) in [5, 5.41) is 1.70. The minimum atomic E-state index is -0.503. The molecule has 12 heavy (non-hydrogen) atoms. The summed E-state index contributed by atoms with van der Waals surface area (Å²) in [7, 11) is 0. The summed E-state index contributed by atoms with van der Waals surface area (Å²) in [5.41, 5.74) is 0.986. The Morgan fingerprint density at radius 2 is 2.33 bits per heavy atom. The number of carbonyl (C=O) groups is 1. The Kier molecular flexibility index (Phi) is 3.11. The minimum absolute atomic E-state index is 0.406. The van der Waals surface area contributed by atoms with E-state index in [9.17, 15) is 4.79 Å². The van der Waals surface area contributed by atoms with Crippen molar-refractivity contribution < 1.29 is 4.79 Å². The second kappa shape index (κ2) is 4.12. The third kappa shape index (κ3) is 2.24. The molecule has 0 aromatic heterocycles. The number of carbonyl (C=O) groups excluding carboxylic acids is 1. The van der Waals surface area contributed by atoms with Gasteiger partial charge >= 0.3 is 0 Å². The van der Waals surface area contributed by atoms with Crippen molar-refractivity contribution >= 4 is 39.9 Å². The highest BCUT2D eigenvalue weighted by molar-refractivity contribution is 7.78. The molecule has 4 heteroatoms. The van der Waals surface area contributed by atoms with Crippen LogP contribution >= 0.6 is 23.8 Å². The lowest BCUT2D eigenvalue weighted by atomic mass is 10.2. The quantitative estimate of drug-likeness (QED) is 0.415. The van der Waals surface area contributed by atoms with E-state index in [0.717, 1.165) is 0 Å². The second-order valence-electron chi connectivity index (χ2n) is 2.03. The Morgan fingerprint density at radius 1 is 1.58 bits per heavy atom. The van der Waals surface area contributed by atoms with Gasteiger partial charge in [-0.1, -0.05) is 6.07 Å². The van der Waals surface area contributed by atoms with E-state index in [0.29, 0.717) is 11.3 Å². The van der Waals surface area contributed by atoms with E-state index >= 15 is 0 Å². The molecule has 60 valence electrons. The van der Waals surface area contributed by atoms with E-state index in [-0.39, 0.29) is 0 Å². The third-order valence-corrected chi connectivity index (χ3v) is 1.56. The number of nitrogens with zero attached hydrogens (tertiary/aromatic N) is 1. The van der Waals surface area contributed by atoms with Crippen LogP contribution in [0.2, 0.25) is 0 Å². The predicted molar refractivity (Wildman–Crippen MR) is 51.3 cm³/mol. The number of thiocarbonyl (C=S) groups is 1. The molecule has 0 radical (unpaired) electrons. The smallest absolute Gasteiger partial charge is 0.252 e. The number of rotatable bonds is 2. The van der Waals surface area contributed by atoms with Crippen LogP contribution in [0.5, 0.6) is 0 Å². The molecule has 1 aromatic carbocycles. The van der Waals surface area contributed by atoms with Crippen LogP contribution in [0.3, 0.4) is 0 Å². The van der Waals surface area contributed by atoms with Crippen LogP contribution < -0.4 is 0 Å². The Balaban J connectivity index is 3.11. The first kappa shape index (κ1) is 9.07. The summed E-state index contributed by atoms with van der Waals surface area (Å²) in [4.78, 5) is 14.4. The molecule has 0 saturated heterocycles. The summed E-state index contributed by atoms with van der Waals surface area (Å²) in [5.74, 6) is 0. The molecule has 1 aromatic rings. The molecule has 0 N–H and O–H groups in total. The normalized spacial score (nSPS) is 8.75. The van der Waals surface area contributed by atoms with Gasteiger partial charge in [0.25, 0.3) is 5.24 Å². The zero-order valence-electron chi connectivity index (χ0n) is 5.95. The summed E-state index contributed by atoms with van der Waals surface area (Å²) in [6, 6.07) is 6.55. The molecule has 0 atom stereocenters. The van der Waals surface area contributed by atoms with Crippen molar-refractivity contribution in [2.45, 2.75) is 0 Å². The van der Waals surface area contributed by atoms with Crippen LogP contribution in [0.15, 0.2) is 29.3 Å². The Morgan fingerprint density at radius 3 is 2.92 bits per heavy atom. The van der Waals surface area contributed by atoms with Crippen molar-refractivity contribution in [2.75, 3.05) is 0 Å². The van der Waals surface area contributed by atoms with Crippen LogP contribution in [0.4, 0.5) is 5.69 Å². The maximum Gasteiger partial charge on any atom is 0.252 e. The Bertz CT molecular complexity index is 341. The van der Waals surface area contributed by atoms with Crippen LogP contribution in [0.1, 0.15) is 10.4 Å². The second-order valence-corrected chi connectivity index (χ2v) is 2.55. The number of benzene rings is 1. The fourth-order valence-corrected chi connectivity index (χ4v) is 0.973. The lowest BCUT2D eigenvalue weighted by Gasteiger charge is -1.93. The largest absolute Gasteiger partial charge is 0.276 e. The van der Waals surface area contributed by atoms with E-state index < -0.39 is 5.24 Å². The number of aliphatic imine (C=N–C) groups is 1. The van der Waals surface area contributed by atoms with E-state index in [2.05, 4.69) is 22.4 Å². The molecular formula is C8H4ClNOS. The number of halogens is 1. The average Bonchev–Trinajstić information content (AvgIpc) is 2.05. The zero-order chi connectivity index (χ0) is 8.97. The first-order valence-electron chi connectivity index (χ1n) is 3.12. The molecule has 2 nitrogen and oxygen atoms in total. The summed E-state index contributed by atoms with van der Waals surface area (Å²) in [6.07, 6.45) is 0. The van der Waals surface area contributed by atoms with Crippen LogP contribution in [0.25, 0.3) is 0 Å². The first-order valence-corrected chi connectivity index (χ1v) is 3.90. The van der Waals surface area contributed by atoms with Crippen molar-refractivity contribution in [3.05, 3.63) is 29.8 Å². The van der Waals surface area contributed by atoms with Gasteiger partial charge in [0.15, 0.2) is 0 Å². The number of hydrogen-bond acceptors (Lipinski definition) is 3. The van der Waals surface area contributed by atoms with Crippen molar-refractivity contribution in [3.63, 3.8) is 0 Å². The first-order chi connectivity index (χ1) is 5.74. The van der Waals surface area contributed by atoms with Gasteiger partial charge in [0, 0.05) is 5.56 Å². The molecular weight excluding hydrogens is 194 g/mol. The summed E-state index contributed by atoms with van der Waals surface area (Å²) >= 11 is 9.66. The van der Waals surface area contributed by atoms with Gasteiger partial charge in [0.2, 0.25) is 0 Å². The van der Waals surface area contributed by atoms with Crippen molar-refractivity contribution in [2.24, 2.45) is 4.99 Å². The molecule has 1 rings (SSSR count). The maximum atomic E-state index is 10.7. The maximum absolute atomic E-state index is 10.7. The molecule has 0 saturated carbocycles. The van der Waals surface area contributed by atoms with Gasteiger partial charge in [-0.3, -0.25) is 4.79 Å². The number of hydrogen-bond donors (Lipinski definition) is 0. The van der Waals surface area contributed by atoms with Gasteiger partial charge in [0.05, 0.1) is 10.8 Å². The molecule has 0 unspecified atom stereocenters. The highest BCUT2D eigenvalue weighted by Gasteiger charge is 2.00. The molecule has 0 aliphatic heterocycles. The molecule has 0 fully saturated rings. The molecule has 0 bridgehead atoms. The minimum Gasteiger partial charge on any atom is -0.276 e. The Hall–Kier alpha value is -1.02. The van der Waals surface area contributed by atoms with E-state index in [1.54, 1.807) is 24.3 Å². The van der Waals surface area contributed by atoms with Crippen LogP contribution in [-0.4, -0.2) is 10.4 Å². The average molecular weight is 198 g/mol. The topological polar surface area (TPSA) is 29.4 Å². The fourth-order valence-electron chi connectivity index (χ4n) is 0.750. The van der Waals surface area contributed by atoms with Crippen LogP contribution in [0, 0.1) is 0 Å². The molecule has 0 heterocycles. The predicted octanol–water partition coefficient (Wildman–Crippen LogP) is 2.80. The van der Waals surface area contributed by atoms with Crippen LogP contribution in [-0.2, 0) is 0 Å². The fraction of sp³-hybridized carbons (Fsp3) is 0. The lowest BCUT2D eigenvalue weighted by molar-refractivity contribution is 0.108. The Labute approximate surface area is 79.9 Å². The lowest BCUT2D eigenvalue weighted by Crippen LogP contribution is -1.85. The molecule has 0 aliphatic carbocycles. The monoisotopic (exact) mass is 197 g/mol. The zero-order valence-corrected chi connectivity index (χ0v) is 7.52. The summed E-state index contributed by atoms with van der Waals surface area (Å²) < 4.78 is 0. The van der Waals surface area contributed by atoms with Gasteiger partial charge in [0.1, 0.15) is 0 Å². The van der Waals surface area contributed by atoms with Crippen molar-refractivity contribution in [3.8, 4) is 0 Å². The molecule has 0 spiro atoms. The van der Waals surface area contributed by atoms with E-state index in [1.807, 2.05) is 0 Å². The van der Waals surface area contributed by atoms with Crippen molar-refractivity contribution in [1.82, 2.24) is 0 Å². The SMILES string of the molecule is O=C(Cl)c1cccc(N=C=S)c1. The van der Waals surface area contributed by atoms with Gasteiger partial charge in [-0.05, 0) is 42.0 Å². The van der Waals surface area contributed by atoms with E-state index in [1.165, 1.54) is 0 Å².